The van der Waals surface area contributed by atoms with Crippen LogP contribution in [0.1, 0.15) is 59.5 Å². The van der Waals surface area contributed by atoms with Gasteiger partial charge in [-0.05, 0) is 47.5 Å². The predicted octanol–water partition coefficient (Wildman–Crippen LogP) is 9.02. The highest BCUT2D eigenvalue weighted by Gasteiger charge is 2.26. The molecule has 53 heavy (non-hydrogen) atoms. The van der Waals surface area contributed by atoms with Crippen molar-refractivity contribution < 1.29 is 39.1 Å². The summed E-state index contributed by atoms with van der Waals surface area (Å²) in [6.07, 6.45) is 3.07. The third-order valence-electron chi connectivity index (χ3n) is 9.45. The van der Waals surface area contributed by atoms with Crippen LogP contribution in [0.15, 0.2) is 73.1 Å². The average molecular weight is 762 g/mol. The molecule has 12 heteroatoms. The number of H-pyrrole nitrogens is 2. The van der Waals surface area contributed by atoms with E-state index < -0.39 is 22.8 Å². The Kier molecular flexibility index (Phi) is 11.5. The number of carboxylic acid groups (broad SMARTS) is 1. The highest BCUT2D eigenvalue weighted by molar-refractivity contribution is 6.35. The summed E-state index contributed by atoms with van der Waals surface area (Å²) < 4.78 is 15.9. The first kappa shape index (κ1) is 39.2. The Morgan fingerprint density at radius 3 is 1.45 bits per heavy atom. The number of aromatic amines is 2. The maximum Gasteiger partial charge on any atom is 0.340 e. The van der Waals surface area contributed by atoms with Crippen LogP contribution in [0.25, 0.3) is 44.1 Å². The summed E-state index contributed by atoms with van der Waals surface area (Å²) >= 11 is 12.9. The molecule has 0 bridgehead atoms. The minimum absolute atomic E-state index is 0.00125. The number of carbonyl (C=O) groups excluding carboxylic acids is 1. The number of carbonyl (C=O) groups is 2. The summed E-state index contributed by atoms with van der Waals surface area (Å²) in [6.45, 7) is 7.75. The van der Waals surface area contributed by atoms with Crippen LogP contribution in [0.5, 0.6) is 11.5 Å². The van der Waals surface area contributed by atoms with Gasteiger partial charge in [-0.1, -0.05) is 75.2 Å². The number of aromatic nitrogens is 2. The van der Waals surface area contributed by atoms with E-state index in [4.69, 9.17) is 37.4 Å². The number of aliphatic hydroxyl groups is 2. The van der Waals surface area contributed by atoms with E-state index in [-0.39, 0.29) is 18.8 Å². The molecular weight excluding hydrogens is 719 g/mol. The summed E-state index contributed by atoms with van der Waals surface area (Å²) in [6, 6.07) is 18.6. The van der Waals surface area contributed by atoms with Crippen molar-refractivity contribution in [2.75, 3.05) is 34.5 Å². The summed E-state index contributed by atoms with van der Waals surface area (Å²) in [7, 11) is 4.53. The van der Waals surface area contributed by atoms with Crippen molar-refractivity contribution >= 4 is 56.9 Å². The zero-order valence-corrected chi connectivity index (χ0v) is 32.0. The number of nitrogens with one attached hydrogen (secondary N) is 2. The fraction of sp³-hybridized carbons (Fsp3) is 0.268. The second kappa shape index (κ2) is 15.5. The standard InChI is InChI=1S/C21H22ClNO4.C20H20ClNO4/c1-21(2,11-24)16-6-5-12(7-19(16)26-3)13-8-14-15(20(25)27-4)10-23-18(14)9-17(13)22;1-20(2,10-23)15-5-4-11(6-18(15)26-3)12-7-13-14(19(24)25)9-22-17(13)8-16(12)21/h5-10,23-24H,11H2,1-4H3;4-9,22-23H,10H2,1-3H3,(H,24,25). The molecule has 0 aliphatic heterocycles. The second-order valence-electron chi connectivity index (χ2n) is 13.9. The summed E-state index contributed by atoms with van der Waals surface area (Å²) in [5.74, 6) is -0.0930. The third-order valence-corrected chi connectivity index (χ3v) is 10.1. The molecule has 0 aliphatic carbocycles. The van der Waals surface area contributed by atoms with Gasteiger partial charge >= 0.3 is 11.9 Å². The quantitative estimate of drug-likeness (QED) is 0.0867. The number of methoxy groups -OCH3 is 3. The molecule has 10 nitrogen and oxygen atoms in total. The normalized spacial score (nSPS) is 11.7. The van der Waals surface area contributed by atoms with Crippen molar-refractivity contribution in [1.82, 2.24) is 9.97 Å². The van der Waals surface area contributed by atoms with E-state index in [2.05, 4.69) is 9.97 Å². The predicted molar refractivity (Wildman–Crippen MR) is 209 cm³/mol. The lowest BCUT2D eigenvalue weighted by atomic mass is 9.84. The smallest absolute Gasteiger partial charge is 0.340 e. The van der Waals surface area contributed by atoms with Crippen molar-refractivity contribution in [1.29, 1.82) is 0 Å². The lowest BCUT2D eigenvalue weighted by molar-refractivity contribution is 0.0602. The molecule has 0 saturated heterocycles. The van der Waals surface area contributed by atoms with Gasteiger partial charge in [-0.15, -0.1) is 0 Å². The molecule has 4 aromatic carbocycles. The minimum Gasteiger partial charge on any atom is -0.496 e. The van der Waals surface area contributed by atoms with Gasteiger partial charge in [0, 0.05) is 67.3 Å². The molecule has 2 aromatic heterocycles. The number of ether oxygens (including phenoxy) is 3. The van der Waals surface area contributed by atoms with Gasteiger partial charge in [0.1, 0.15) is 11.5 Å². The van der Waals surface area contributed by atoms with Crippen molar-refractivity contribution in [2.24, 2.45) is 0 Å². The zero-order chi connectivity index (χ0) is 38.8. The zero-order valence-electron chi connectivity index (χ0n) is 30.5. The lowest BCUT2D eigenvalue weighted by Crippen LogP contribution is -2.22. The van der Waals surface area contributed by atoms with Crippen LogP contribution in [0.4, 0.5) is 0 Å². The highest BCUT2D eigenvalue weighted by Crippen LogP contribution is 2.40. The molecule has 0 fully saturated rings. The number of aromatic carboxylic acids is 1. The van der Waals surface area contributed by atoms with Crippen LogP contribution in [-0.2, 0) is 15.6 Å². The number of aliphatic hydroxyl groups excluding tert-OH is 2. The number of carboxylic acids is 1. The monoisotopic (exact) mass is 760 g/mol. The van der Waals surface area contributed by atoms with Gasteiger partial charge in [-0.2, -0.15) is 0 Å². The molecule has 6 rings (SSSR count). The van der Waals surface area contributed by atoms with Gasteiger partial charge in [0.05, 0.1) is 55.7 Å². The Morgan fingerprint density at radius 1 is 0.660 bits per heavy atom. The number of halogens is 2. The Morgan fingerprint density at radius 2 is 1.08 bits per heavy atom. The number of fused-ring (bicyclic) bond motifs is 2. The Labute approximate surface area is 317 Å². The van der Waals surface area contributed by atoms with Crippen LogP contribution in [0.2, 0.25) is 10.0 Å². The fourth-order valence-electron chi connectivity index (χ4n) is 6.19. The van der Waals surface area contributed by atoms with Crippen molar-refractivity contribution in [3.8, 4) is 33.8 Å². The second-order valence-corrected chi connectivity index (χ2v) is 14.7. The van der Waals surface area contributed by atoms with Crippen LogP contribution in [0.3, 0.4) is 0 Å². The fourth-order valence-corrected chi connectivity index (χ4v) is 6.74. The van der Waals surface area contributed by atoms with E-state index in [0.29, 0.717) is 43.6 Å². The Hall–Kier alpha value is -5.00. The molecule has 0 atom stereocenters. The molecule has 0 unspecified atom stereocenters. The van der Waals surface area contributed by atoms with Gasteiger partial charge in [0.2, 0.25) is 0 Å². The Bertz CT molecular complexity index is 2320. The molecular formula is C41H42Cl2N2O8. The van der Waals surface area contributed by atoms with Crippen LogP contribution >= 0.6 is 23.2 Å². The number of rotatable bonds is 10. The molecule has 6 aromatic rings. The molecule has 0 radical (unpaired) electrons. The molecule has 5 N–H and O–H groups in total. The molecule has 0 saturated carbocycles. The van der Waals surface area contributed by atoms with Crippen molar-refractivity contribution in [2.45, 2.75) is 38.5 Å². The number of hydrogen-bond acceptors (Lipinski definition) is 7. The van der Waals surface area contributed by atoms with Gasteiger partial charge < -0.3 is 39.5 Å². The molecule has 0 amide bonds. The third kappa shape index (κ3) is 7.72. The SMILES string of the molecule is COC(=O)c1c[nH]c2cc(Cl)c(-c3ccc(C(C)(C)CO)c(OC)c3)cc12.COc1cc(-c2cc3c(C(=O)O)c[nH]c3cc2Cl)ccc1C(C)(C)CO. The van der Waals surface area contributed by atoms with Crippen LogP contribution < -0.4 is 9.47 Å². The first-order valence-electron chi connectivity index (χ1n) is 16.6. The number of benzene rings is 4. The molecule has 278 valence electrons. The summed E-state index contributed by atoms with van der Waals surface area (Å²) in [4.78, 5) is 29.4. The average Bonchev–Trinajstić information content (AvgIpc) is 3.77. The van der Waals surface area contributed by atoms with E-state index >= 15 is 0 Å². The topological polar surface area (TPSA) is 154 Å². The largest absolute Gasteiger partial charge is 0.496 e. The van der Waals surface area contributed by atoms with Gasteiger partial charge in [-0.3, -0.25) is 0 Å². The van der Waals surface area contributed by atoms with E-state index in [0.717, 1.165) is 38.7 Å². The maximum atomic E-state index is 12.0. The van der Waals surface area contributed by atoms with Crippen LogP contribution in [-0.4, -0.2) is 71.8 Å². The number of esters is 1. The lowest BCUT2D eigenvalue weighted by Gasteiger charge is -2.25. The summed E-state index contributed by atoms with van der Waals surface area (Å²) in [5.41, 5.74) is 6.14. The van der Waals surface area contributed by atoms with Gasteiger partial charge in [0.25, 0.3) is 0 Å². The van der Waals surface area contributed by atoms with Crippen molar-refractivity contribution in [3.63, 3.8) is 0 Å². The number of hydrogen-bond donors (Lipinski definition) is 5. The van der Waals surface area contributed by atoms with E-state index in [9.17, 15) is 24.9 Å². The first-order valence-corrected chi connectivity index (χ1v) is 17.4. The van der Waals surface area contributed by atoms with Crippen molar-refractivity contribution in [3.05, 3.63) is 105 Å². The maximum absolute atomic E-state index is 12.0. The van der Waals surface area contributed by atoms with E-state index in [1.54, 1.807) is 38.6 Å². The highest BCUT2D eigenvalue weighted by atomic mass is 35.5. The van der Waals surface area contributed by atoms with Gasteiger partial charge in [0.15, 0.2) is 0 Å². The first-order chi connectivity index (χ1) is 25.1. The minimum atomic E-state index is -0.998. The molecule has 0 spiro atoms. The molecule has 2 heterocycles. The van der Waals surface area contributed by atoms with Crippen LogP contribution in [0, 0.1) is 0 Å². The van der Waals surface area contributed by atoms with E-state index in [1.807, 2.05) is 70.2 Å². The Balaban J connectivity index is 0.000000204. The van der Waals surface area contributed by atoms with Gasteiger partial charge in [-0.25, -0.2) is 9.59 Å². The molecule has 0 aliphatic rings. The summed E-state index contributed by atoms with van der Waals surface area (Å²) in [5, 5.41) is 31.0. The van der Waals surface area contributed by atoms with E-state index in [1.165, 1.54) is 13.3 Å².